The molecule has 0 amide bonds. The van der Waals surface area contributed by atoms with E-state index in [4.69, 9.17) is 4.98 Å². The van der Waals surface area contributed by atoms with Crippen LogP contribution in [0, 0.1) is 6.92 Å². The quantitative estimate of drug-likeness (QED) is 0.561. The molecule has 1 unspecified atom stereocenters. The Kier molecular flexibility index (Phi) is 3.89. The van der Waals surface area contributed by atoms with E-state index in [1.165, 1.54) is 17.6 Å². The first-order valence-corrected chi connectivity index (χ1v) is 9.49. The molecule has 27 heavy (non-hydrogen) atoms. The third-order valence-corrected chi connectivity index (χ3v) is 5.58. The van der Waals surface area contributed by atoms with Crippen LogP contribution in [-0.2, 0) is 13.6 Å². The monoisotopic (exact) mass is 361 g/mol. The molecule has 7 heteroatoms. The smallest absolute Gasteiger partial charge is 0.252 e. The molecule has 0 N–H and O–H groups in total. The highest BCUT2D eigenvalue weighted by molar-refractivity contribution is 5.75. The molecule has 0 radical (unpaired) electrons. The number of rotatable bonds is 3. The molecule has 138 valence electrons. The predicted molar refractivity (Wildman–Crippen MR) is 103 cm³/mol. The number of aromatic nitrogens is 6. The third kappa shape index (κ3) is 2.88. The van der Waals surface area contributed by atoms with Crippen molar-refractivity contribution in [1.29, 1.82) is 0 Å². The number of likely N-dealkylation sites (tertiary alicyclic amines) is 1. The summed E-state index contributed by atoms with van der Waals surface area (Å²) in [6.45, 7) is 5.00. The maximum absolute atomic E-state index is 4.84. The molecule has 1 saturated heterocycles. The van der Waals surface area contributed by atoms with Gasteiger partial charge in [-0.3, -0.25) is 4.90 Å². The molecule has 4 aromatic rings. The summed E-state index contributed by atoms with van der Waals surface area (Å²) in [7, 11) is 2.11. The molecule has 0 spiro atoms. The van der Waals surface area contributed by atoms with Crippen LogP contribution in [0.3, 0.4) is 0 Å². The number of aryl methyl sites for hydroxylation is 2. The van der Waals surface area contributed by atoms with Crippen molar-refractivity contribution in [2.45, 2.75) is 32.2 Å². The lowest BCUT2D eigenvalue weighted by Crippen LogP contribution is -2.35. The Morgan fingerprint density at radius 3 is 2.96 bits per heavy atom. The first-order chi connectivity index (χ1) is 13.2. The minimum Gasteiger partial charge on any atom is -0.330 e. The van der Waals surface area contributed by atoms with E-state index in [0.717, 1.165) is 43.1 Å². The molecule has 1 aromatic carbocycles. The van der Waals surface area contributed by atoms with Gasteiger partial charge in [0.2, 0.25) is 0 Å². The average molecular weight is 361 g/mol. The van der Waals surface area contributed by atoms with Crippen molar-refractivity contribution in [1.82, 2.24) is 34.0 Å². The summed E-state index contributed by atoms with van der Waals surface area (Å²) in [5.74, 6) is 2.24. The van der Waals surface area contributed by atoms with Gasteiger partial charge in [0.25, 0.3) is 5.78 Å². The van der Waals surface area contributed by atoms with E-state index in [1.807, 2.05) is 17.5 Å². The Morgan fingerprint density at radius 1 is 1.19 bits per heavy atom. The van der Waals surface area contributed by atoms with E-state index in [-0.39, 0.29) is 0 Å². The van der Waals surface area contributed by atoms with Crippen LogP contribution in [-0.4, -0.2) is 47.1 Å². The molecule has 0 saturated carbocycles. The summed E-state index contributed by atoms with van der Waals surface area (Å²) in [6, 6.07) is 10.5. The zero-order valence-electron chi connectivity index (χ0n) is 15.7. The predicted octanol–water partition coefficient (Wildman–Crippen LogP) is 2.70. The number of hydrogen-bond donors (Lipinski definition) is 0. The number of hydrogen-bond acceptors (Lipinski definition) is 5. The lowest BCUT2D eigenvalue weighted by Gasteiger charge is -2.32. The van der Waals surface area contributed by atoms with E-state index < -0.39 is 0 Å². The van der Waals surface area contributed by atoms with Crippen molar-refractivity contribution in [2.75, 3.05) is 13.1 Å². The fourth-order valence-electron chi connectivity index (χ4n) is 4.23. The van der Waals surface area contributed by atoms with Gasteiger partial charge >= 0.3 is 0 Å². The van der Waals surface area contributed by atoms with Crippen LogP contribution in [0.2, 0.25) is 0 Å². The van der Waals surface area contributed by atoms with Gasteiger partial charge in [-0.25, -0.2) is 14.5 Å². The zero-order chi connectivity index (χ0) is 18.4. The van der Waals surface area contributed by atoms with Crippen molar-refractivity contribution in [3.05, 3.63) is 53.9 Å². The van der Waals surface area contributed by atoms with Gasteiger partial charge in [0.15, 0.2) is 0 Å². The first-order valence-electron chi connectivity index (χ1n) is 9.49. The van der Waals surface area contributed by atoms with Crippen molar-refractivity contribution < 1.29 is 0 Å². The van der Waals surface area contributed by atoms with E-state index in [1.54, 1.807) is 6.33 Å². The molecule has 4 heterocycles. The Labute approximate surface area is 157 Å². The molecule has 3 aromatic heterocycles. The summed E-state index contributed by atoms with van der Waals surface area (Å²) in [5.41, 5.74) is 4.47. The van der Waals surface area contributed by atoms with Crippen LogP contribution < -0.4 is 0 Å². The molecule has 1 atom stereocenters. The minimum absolute atomic E-state index is 0.430. The fraction of sp³-hybridized carbons (Fsp3) is 0.400. The summed E-state index contributed by atoms with van der Waals surface area (Å²) in [5, 5.41) is 4.40. The van der Waals surface area contributed by atoms with Crippen LogP contribution in [0.1, 0.15) is 36.0 Å². The fourth-order valence-corrected chi connectivity index (χ4v) is 4.23. The molecular formula is C20H23N7. The number of fused-ring (bicyclic) bond motifs is 2. The number of imidazole rings is 1. The van der Waals surface area contributed by atoms with Gasteiger partial charge in [-0.2, -0.15) is 10.1 Å². The van der Waals surface area contributed by atoms with E-state index in [0.29, 0.717) is 11.7 Å². The van der Waals surface area contributed by atoms with Crippen LogP contribution in [0.5, 0.6) is 0 Å². The van der Waals surface area contributed by atoms with Gasteiger partial charge in [0.1, 0.15) is 12.2 Å². The number of benzene rings is 1. The largest absolute Gasteiger partial charge is 0.330 e. The normalized spacial score (nSPS) is 18.5. The highest BCUT2D eigenvalue weighted by atomic mass is 15.3. The van der Waals surface area contributed by atoms with Gasteiger partial charge in [-0.15, -0.1) is 0 Å². The van der Waals surface area contributed by atoms with Crippen LogP contribution in [0.25, 0.3) is 16.8 Å². The molecule has 0 bridgehead atoms. The molecular weight excluding hydrogens is 338 g/mol. The average Bonchev–Trinajstić information content (AvgIpc) is 3.26. The molecule has 5 rings (SSSR count). The Morgan fingerprint density at radius 2 is 2.07 bits per heavy atom. The van der Waals surface area contributed by atoms with Gasteiger partial charge in [0.05, 0.1) is 23.3 Å². The summed E-state index contributed by atoms with van der Waals surface area (Å²) < 4.78 is 4.11. The Balaban J connectivity index is 1.42. The summed E-state index contributed by atoms with van der Waals surface area (Å²) >= 11 is 0. The summed E-state index contributed by atoms with van der Waals surface area (Å²) in [6.07, 6.45) is 3.93. The lowest BCUT2D eigenvalue weighted by molar-refractivity contribution is 0.192. The topological polar surface area (TPSA) is 64.1 Å². The van der Waals surface area contributed by atoms with E-state index >= 15 is 0 Å². The second kappa shape index (κ2) is 6.42. The van der Waals surface area contributed by atoms with Crippen LogP contribution in [0.15, 0.2) is 36.7 Å². The highest BCUT2D eigenvalue weighted by Gasteiger charge is 2.25. The van der Waals surface area contributed by atoms with Crippen molar-refractivity contribution >= 4 is 16.8 Å². The zero-order valence-corrected chi connectivity index (χ0v) is 15.7. The minimum atomic E-state index is 0.430. The second-order valence-electron chi connectivity index (χ2n) is 7.44. The van der Waals surface area contributed by atoms with Gasteiger partial charge in [0, 0.05) is 25.2 Å². The standard InChI is InChI=1S/C20H23N7/c1-14-10-18(27-20(23-14)21-13-22-27)15-6-5-9-26(11-15)12-19-24-16-7-3-4-8-17(16)25(19)2/h3-4,7-8,10,13,15H,5-6,9,11-12H2,1-2H3. The number of nitrogens with zero attached hydrogens (tertiary/aromatic N) is 7. The van der Waals surface area contributed by atoms with Crippen molar-refractivity contribution in [3.63, 3.8) is 0 Å². The van der Waals surface area contributed by atoms with E-state index in [2.05, 4.69) is 55.8 Å². The van der Waals surface area contributed by atoms with Gasteiger partial charge < -0.3 is 4.57 Å². The molecule has 7 nitrogen and oxygen atoms in total. The maximum atomic E-state index is 4.84. The highest BCUT2D eigenvalue weighted by Crippen LogP contribution is 2.28. The van der Waals surface area contributed by atoms with Crippen molar-refractivity contribution in [2.24, 2.45) is 7.05 Å². The Hall–Kier alpha value is -2.80. The van der Waals surface area contributed by atoms with Crippen LogP contribution in [0.4, 0.5) is 0 Å². The molecule has 1 fully saturated rings. The van der Waals surface area contributed by atoms with Gasteiger partial charge in [-0.1, -0.05) is 12.1 Å². The van der Waals surface area contributed by atoms with Crippen LogP contribution >= 0.6 is 0 Å². The molecule has 1 aliphatic heterocycles. The maximum Gasteiger partial charge on any atom is 0.252 e. The molecule has 1 aliphatic rings. The van der Waals surface area contributed by atoms with Gasteiger partial charge in [-0.05, 0) is 44.5 Å². The number of para-hydroxylation sites is 2. The summed E-state index contributed by atoms with van der Waals surface area (Å²) in [4.78, 5) is 16.1. The third-order valence-electron chi connectivity index (χ3n) is 5.58. The SMILES string of the molecule is Cc1cc(C2CCCN(Cc3nc4ccccc4n3C)C2)n2ncnc2n1. The first kappa shape index (κ1) is 16.4. The number of piperidine rings is 1. The Bertz CT molecular complexity index is 1110. The second-order valence-corrected chi connectivity index (χ2v) is 7.44. The molecule has 0 aliphatic carbocycles. The van der Waals surface area contributed by atoms with Crippen molar-refractivity contribution in [3.8, 4) is 0 Å². The van der Waals surface area contributed by atoms with E-state index in [9.17, 15) is 0 Å². The lowest BCUT2D eigenvalue weighted by atomic mass is 9.94.